The van der Waals surface area contributed by atoms with Gasteiger partial charge in [-0.25, -0.2) is 4.79 Å². The fourth-order valence-corrected chi connectivity index (χ4v) is 5.82. The van der Waals surface area contributed by atoms with E-state index in [1.165, 1.54) is 22.1 Å². The van der Waals surface area contributed by atoms with Crippen molar-refractivity contribution in [2.45, 2.75) is 90.6 Å². The van der Waals surface area contributed by atoms with Gasteiger partial charge in [0, 0.05) is 18.7 Å². The number of likely N-dealkylation sites (tertiary alicyclic amines) is 1. The summed E-state index contributed by atoms with van der Waals surface area (Å²) < 4.78 is 18.2. The number of carbonyl (C=O) groups excluding carboxylic acids is 1. The van der Waals surface area contributed by atoms with Gasteiger partial charge in [0.1, 0.15) is 5.60 Å². The monoisotopic (exact) mass is 538 g/mol. The summed E-state index contributed by atoms with van der Waals surface area (Å²) in [7, 11) is -0.369. The fourth-order valence-electron chi connectivity index (χ4n) is 5.82. The first-order chi connectivity index (χ1) is 18.8. The first-order valence-electron chi connectivity index (χ1n) is 14.4. The van der Waals surface area contributed by atoms with Crippen molar-refractivity contribution in [2.24, 2.45) is 4.99 Å². The molecule has 2 fully saturated rings. The van der Waals surface area contributed by atoms with Crippen LogP contribution in [0.15, 0.2) is 59.6 Å². The lowest BCUT2D eigenvalue weighted by Crippen LogP contribution is -2.43. The Bertz CT molecular complexity index is 1500. The molecule has 1 unspecified atom stereocenters. The van der Waals surface area contributed by atoms with Gasteiger partial charge in [0.25, 0.3) is 0 Å². The predicted molar refractivity (Wildman–Crippen MR) is 162 cm³/mol. The Hall–Kier alpha value is -3.16. The molecule has 2 saturated heterocycles. The van der Waals surface area contributed by atoms with Crippen molar-refractivity contribution in [3.8, 4) is 11.1 Å². The normalized spacial score (nSPS) is 21.6. The highest BCUT2D eigenvalue weighted by atomic mass is 16.7. The van der Waals surface area contributed by atoms with E-state index in [-0.39, 0.29) is 30.5 Å². The molecular weight excluding hydrogens is 499 g/mol. The lowest BCUT2D eigenvalue weighted by molar-refractivity contribution is 0.00578. The van der Waals surface area contributed by atoms with Crippen LogP contribution in [-0.2, 0) is 20.5 Å². The number of ether oxygens (including phenoxy) is 1. The smallest absolute Gasteiger partial charge is 0.444 e. The third kappa shape index (κ3) is 4.94. The average Bonchev–Trinajstić information content (AvgIpc) is 3.57. The summed E-state index contributed by atoms with van der Waals surface area (Å²) in [6, 6.07) is 19.5. The summed E-state index contributed by atoms with van der Waals surface area (Å²) >= 11 is 0. The summed E-state index contributed by atoms with van der Waals surface area (Å²) in [6.45, 7) is 14.8. The minimum atomic E-state index is -0.507. The van der Waals surface area contributed by atoms with E-state index in [0.29, 0.717) is 6.54 Å². The Kier molecular flexibility index (Phi) is 6.39. The van der Waals surface area contributed by atoms with Crippen molar-refractivity contribution in [3.05, 3.63) is 60.2 Å². The minimum absolute atomic E-state index is 0.00420. The molecule has 3 aromatic rings. The summed E-state index contributed by atoms with van der Waals surface area (Å²) in [5, 5.41) is 2.33. The van der Waals surface area contributed by atoms with Crippen LogP contribution in [0.3, 0.4) is 0 Å². The van der Waals surface area contributed by atoms with Gasteiger partial charge in [-0.05, 0) is 112 Å². The molecule has 0 bridgehead atoms. The SMILES string of the molecule is CC(C)(C)OC(=O)N1CCCC1C1=Nc2ccc(-c3ccc4cc(B5OC(C)(C)C(C)(C)O5)ccc4c3)cc2C1. The lowest BCUT2D eigenvalue weighted by Gasteiger charge is -2.32. The Morgan fingerprint density at radius 2 is 1.60 bits per heavy atom. The summed E-state index contributed by atoms with van der Waals surface area (Å²) in [5.41, 5.74) is 5.41. The van der Waals surface area contributed by atoms with Gasteiger partial charge < -0.3 is 14.0 Å². The molecule has 3 aromatic carbocycles. The van der Waals surface area contributed by atoms with Crippen LogP contribution in [0, 0.1) is 0 Å². The molecule has 0 spiro atoms. The van der Waals surface area contributed by atoms with Crippen molar-refractivity contribution < 1.29 is 18.8 Å². The number of nitrogens with zero attached hydrogens (tertiary/aromatic N) is 2. The zero-order valence-corrected chi connectivity index (χ0v) is 24.7. The van der Waals surface area contributed by atoms with Crippen LogP contribution >= 0.6 is 0 Å². The molecule has 3 aliphatic rings. The van der Waals surface area contributed by atoms with E-state index in [2.05, 4.69) is 82.3 Å². The van der Waals surface area contributed by atoms with E-state index in [0.717, 1.165) is 41.5 Å². The molecule has 6 nitrogen and oxygen atoms in total. The Balaban J connectivity index is 1.19. The first-order valence-corrected chi connectivity index (χ1v) is 14.4. The molecule has 3 heterocycles. The molecule has 0 aliphatic carbocycles. The number of carbonyl (C=O) groups is 1. The molecule has 3 aliphatic heterocycles. The van der Waals surface area contributed by atoms with Gasteiger partial charge in [-0.15, -0.1) is 0 Å². The van der Waals surface area contributed by atoms with Gasteiger partial charge in [0.15, 0.2) is 0 Å². The van der Waals surface area contributed by atoms with Crippen molar-refractivity contribution in [1.29, 1.82) is 0 Å². The van der Waals surface area contributed by atoms with Crippen LogP contribution in [0.25, 0.3) is 21.9 Å². The third-order valence-corrected chi connectivity index (χ3v) is 8.70. The summed E-state index contributed by atoms with van der Waals surface area (Å²) in [6.07, 6.45) is 2.42. The zero-order valence-electron chi connectivity index (χ0n) is 24.7. The van der Waals surface area contributed by atoms with Crippen molar-refractivity contribution in [3.63, 3.8) is 0 Å². The van der Waals surface area contributed by atoms with Crippen molar-refractivity contribution in [2.75, 3.05) is 6.54 Å². The zero-order chi connectivity index (χ0) is 28.4. The molecule has 7 heteroatoms. The molecule has 0 aromatic heterocycles. The highest BCUT2D eigenvalue weighted by Gasteiger charge is 2.51. The van der Waals surface area contributed by atoms with Gasteiger partial charge in [-0.2, -0.15) is 0 Å². The van der Waals surface area contributed by atoms with Crippen LogP contribution in [0.4, 0.5) is 10.5 Å². The molecule has 1 atom stereocenters. The van der Waals surface area contributed by atoms with Gasteiger partial charge in [-0.3, -0.25) is 9.89 Å². The second-order valence-corrected chi connectivity index (χ2v) is 13.4. The number of hydrogen-bond donors (Lipinski definition) is 0. The number of fused-ring (bicyclic) bond motifs is 2. The van der Waals surface area contributed by atoms with Crippen LogP contribution in [-0.4, -0.2) is 53.2 Å². The lowest BCUT2D eigenvalue weighted by atomic mass is 9.78. The number of amides is 1. The van der Waals surface area contributed by atoms with Gasteiger partial charge in [0.2, 0.25) is 0 Å². The Morgan fingerprint density at radius 1 is 0.950 bits per heavy atom. The third-order valence-electron chi connectivity index (χ3n) is 8.70. The minimum Gasteiger partial charge on any atom is -0.444 e. The summed E-state index contributed by atoms with van der Waals surface area (Å²) in [5.74, 6) is 0. The van der Waals surface area contributed by atoms with Gasteiger partial charge in [0.05, 0.1) is 22.9 Å². The Labute approximate surface area is 237 Å². The Morgan fingerprint density at radius 3 is 2.33 bits per heavy atom. The molecule has 0 N–H and O–H groups in total. The van der Waals surface area contributed by atoms with Crippen molar-refractivity contribution >= 4 is 40.8 Å². The fraction of sp³-hybridized carbons (Fsp3) is 0.455. The van der Waals surface area contributed by atoms with Crippen LogP contribution in [0.5, 0.6) is 0 Å². The summed E-state index contributed by atoms with van der Waals surface area (Å²) in [4.78, 5) is 19.7. The van der Waals surface area contributed by atoms with E-state index in [9.17, 15) is 4.79 Å². The standard InChI is InChI=1S/C33H39BN2O4/c1-31(2,3)38-30(37)36-16-8-9-29(36)28-20-25-18-23(13-15-27(25)35-28)21-10-11-24-19-26(14-12-22(24)17-21)34-39-32(4,5)33(6,7)40-34/h10-15,17-19,29H,8-9,16,20H2,1-7H3. The molecular formula is C33H39BN2O4. The quantitative estimate of drug-likeness (QED) is 0.343. The predicted octanol–water partition coefficient (Wildman–Crippen LogP) is 6.83. The number of hydrogen-bond acceptors (Lipinski definition) is 5. The maximum absolute atomic E-state index is 12.8. The maximum atomic E-state index is 12.8. The second kappa shape index (κ2) is 9.46. The van der Waals surface area contributed by atoms with Crippen LogP contribution < -0.4 is 5.46 Å². The van der Waals surface area contributed by atoms with Gasteiger partial charge >= 0.3 is 13.2 Å². The first kappa shape index (κ1) is 27.0. The highest BCUT2D eigenvalue weighted by Crippen LogP contribution is 2.38. The molecule has 40 heavy (non-hydrogen) atoms. The second-order valence-electron chi connectivity index (χ2n) is 13.4. The molecule has 1 amide bonds. The van der Waals surface area contributed by atoms with E-state index >= 15 is 0 Å². The van der Waals surface area contributed by atoms with Gasteiger partial charge in [-0.1, -0.05) is 36.4 Å². The van der Waals surface area contributed by atoms with Crippen LogP contribution in [0.1, 0.15) is 66.9 Å². The van der Waals surface area contributed by atoms with Crippen molar-refractivity contribution in [1.82, 2.24) is 4.90 Å². The van der Waals surface area contributed by atoms with E-state index in [4.69, 9.17) is 19.0 Å². The van der Waals surface area contributed by atoms with Crippen LogP contribution in [0.2, 0.25) is 0 Å². The highest BCUT2D eigenvalue weighted by molar-refractivity contribution is 6.62. The number of benzene rings is 3. The topological polar surface area (TPSA) is 60.4 Å². The molecule has 6 rings (SSSR count). The van der Waals surface area contributed by atoms with E-state index in [1.807, 2.05) is 25.7 Å². The molecule has 0 radical (unpaired) electrons. The molecule has 208 valence electrons. The largest absolute Gasteiger partial charge is 0.494 e. The van der Waals surface area contributed by atoms with E-state index in [1.54, 1.807) is 0 Å². The van der Waals surface area contributed by atoms with E-state index < -0.39 is 5.60 Å². The number of rotatable bonds is 3. The average molecular weight is 538 g/mol. The maximum Gasteiger partial charge on any atom is 0.494 e. The molecule has 0 saturated carbocycles. The number of aliphatic imine (C=N–C) groups is 1.